The van der Waals surface area contributed by atoms with Gasteiger partial charge in [0, 0.05) is 54.1 Å². The molecule has 46 heavy (non-hydrogen) atoms. The van der Waals surface area contributed by atoms with Crippen molar-refractivity contribution in [3.05, 3.63) is 76.6 Å². The summed E-state index contributed by atoms with van der Waals surface area (Å²) in [5, 5.41) is 11.2. The summed E-state index contributed by atoms with van der Waals surface area (Å²) in [6.45, 7) is 17.2. The minimum Gasteiger partial charge on any atom is -0.479 e. The van der Waals surface area contributed by atoms with Gasteiger partial charge in [-0.3, -0.25) is 4.98 Å². The molecule has 0 saturated carbocycles. The van der Waals surface area contributed by atoms with Crippen molar-refractivity contribution in [1.82, 2.24) is 15.0 Å². The normalized spacial score (nSPS) is 17.2. The van der Waals surface area contributed by atoms with E-state index < -0.39 is 17.7 Å². The zero-order chi connectivity index (χ0) is 33.0. The second-order valence-electron chi connectivity index (χ2n) is 14.5. The molecule has 1 fully saturated rings. The Morgan fingerprint density at radius 1 is 0.978 bits per heavy atom. The molecule has 0 spiro atoms. The van der Waals surface area contributed by atoms with Gasteiger partial charge in [0.15, 0.2) is 6.10 Å². The van der Waals surface area contributed by atoms with Crippen molar-refractivity contribution in [3.63, 3.8) is 0 Å². The van der Waals surface area contributed by atoms with Gasteiger partial charge < -0.3 is 19.6 Å². The Labute approximate surface area is 270 Å². The number of halogens is 1. The molecule has 242 valence electrons. The third kappa shape index (κ3) is 6.30. The van der Waals surface area contributed by atoms with E-state index in [9.17, 15) is 14.3 Å². The van der Waals surface area contributed by atoms with Crippen molar-refractivity contribution in [2.24, 2.45) is 5.41 Å². The SMILES string of the molecule is Cc1nc(C)c(C(OC(C)(C)C)C(=O)O)c(N2CCC(C)(C)CC2)c1-c1ccc2c(c1)CCN(c1ncnc3ccc(F)cc13)C2. The lowest BCUT2D eigenvalue weighted by molar-refractivity contribution is -0.160. The number of anilines is 2. The molecule has 1 atom stereocenters. The van der Waals surface area contributed by atoms with Crippen LogP contribution in [-0.4, -0.2) is 51.3 Å². The van der Waals surface area contributed by atoms with E-state index in [1.165, 1.54) is 29.6 Å². The Bertz CT molecular complexity index is 1810. The molecule has 8 nitrogen and oxygen atoms in total. The second-order valence-corrected chi connectivity index (χ2v) is 14.5. The fraction of sp³-hybridized carbons (Fsp3) is 0.459. The van der Waals surface area contributed by atoms with Crippen molar-refractivity contribution in [3.8, 4) is 11.1 Å². The first-order valence-corrected chi connectivity index (χ1v) is 16.1. The molecular formula is C37H44FN5O3. The fourth-order valence-electron chi connectivity index (χ4n) is 6.91. The van der Waals surface area contributed by atoms with E-state index in [0.29, 0.717) is 23.2 Å². The van der Waals surface area contributed by atoms with Crippen molar-refractivity contribution < 1.29 is 19.0 Å². The number of piperidine rings is 1. The highest BCUT2D eigenvalue weighted by Crippen LogP contribution is 2.45. The van der Waals surface area contributed by atoms with Gasteiger partial charge in [-0.2, -0.15) is 0 Å². The molecule has 0 aliphatic carbocycles. The quantitative estimate of drug-likeness (QED) is 0.235. The maximum Gasteiger partial charge on any atom is 0.337 e. The number of ether oxygens (including phenoxy) is 1. The lowest BCUT2D eigenvalue weighted by Gasteiger charge is -2.41. The average molecular weight is 626 g/mol. The molecule has 0 bridgehead atoms. The summed E-state index contributed by atoms with van der Waals surface area (Å²) in [6.07, 6.45) is 3.18. The van der Waals surface area contributed by atoms with Crippen LogP contribution in [0.2, 0.25) is 0 Å². The van der Waals surface area contributed by atoms with Crippen LogP contribution in [0.1, 0.15) is 81.6 Å². The van der Waals surface area contributed by atoms with E-state index in [2.05, 4.69) is 51.8 Å². The van der Waals surface area contributed by atoms with Gasteiger partial charge in [-0.25, -0.2) is 19.2 Å². The molecule has 4 aromatic rings. The van der Waals surface area contributed by atoms with E-state index in [4.69, 9.17) is 9.72 Å². The Morgan fingerprint density at radius 2 is 1.72 bits per heavy atom. The number of hydrogen-bond donors (Lipinski definition) is 1. The number of carbonyl (C=O) groups is 1. The molecule has 9 heteroatoms. The van der Waals surface area contributed by atoms with E-state index in [1.807, 2.05) is 34.6 Å². The zero-order valence-corrected chi connectivity index (χ0v) is 27.9. The van der Waals surface area contributed by atoms with Crippen LogP contribution in [0.5, 0.6) is 0 Å². The molecule has 0 radical (unpaired) electrons. The smallest absolute Gasteiger partial charge is 0.337 e. The van der Waals surface area contributed by atoms with Crippen LogP contribution in [0.3, 0.4) is 0 Å². The lowest BCUT2D eigenvalue weighted by Crippen LogP contribution is -2.39. The highest BCUT2D eigenvalue weighted by molar-refractivity contribution is 5.90. The average Bonchev–Trinajstić information content (AvgIpc) is 2.98. The molecule has 1 saturated heterocycles. The van der Waals surface area contributed by atoms with Crippen molar-refractivity contribution >= 4 is 28.4 Å². The van der Waals surface area contributed by atoms with Crippen LogP contribution in [-0.2, 0) is 22.5 Å². The van der Waals surface area contributed by atoms with Crippen LogP contribution in [0.25, 0.3) is 22.0 Å². The summed E-state index contributed by atoms with van der Waals surface area (Å²) in [7, 11) is 0. The predicted molar refractivity (Wildman–Crippen MR) is 180 cm³/mol. The number of hydrogen-bond acceptors (Lipinski definition) is 7. The third-order valence-corrected chi connectivity index (χ3v) is 9.35. The second kappa shape index (κ2) is 11.9. The number of aromatic nitrogens is 3. The van der Waals surface area contributed by atoms with Crippen LogP contribution in [0.15, 0.2) is 42.7 Å². The number of carboxylic acids is 1. The number of rotatable bonds is 6. The Morgan fingerprint density at radius 3 is 2.41 bits per heavy atom. The van der Waals surface area contributed by atoms with Crippen molar-refractivity contribution in [1.29, 1.82) is 0 Å². The van der Waals surface area contributed by atoms with Crippen molar-refractivity contribution in [2.75, 3.05) is 29.4 Å². The van der Waals surface area contributed by atoms with Crippen LogP contribution >= 0.6 is 0 Å². The molecule has 2 aromatic heterocycles. The highest BCUT2D eigenvalue weighted by Gasteiger charge is 2.36. The van der Waals surface area contributed by atoms with E-state index >= 15 is 0 Å². The van der Waals surface area contributed by atoms with Gasteiger partial charge in [-0.15, -0.1) is 0 Å². The Hall–Kier alpha value is -4.11. The summed E-state index contributed by atoms with van der Waals surface area (Å²) in [6, 6.07) is 11.1. The number of nitrogens with zero attached hydrogens (tertiary/aromatic N) is 5. The summed E-state index contributed by atoms with van der Waals surface area (Å²) < 4.78 is 20.4. The van der Waals surface area contributed by atoms with Gasteiger partial charge in [0.1, 0.15) is 18.0 Å². The Balaban J connectivity index is 1.44. The minimum atomic E-state index is -1.16. The van der Waals surface area contributed by atoms with Gasteiger partial charge in [0.25, 0.3) is 0 Å². The first-order chi connectivity index (χ1) is 21.7. The summed E-state index contributed by atoms with van der Waals surface area (Å²) in [4.78, 5) is 31.2. The first kappa shape index (κ1) is 31.9. The van der Waals surface area contributed by atoms with Crippen molar-refractivity contribution in [2.45, 2.75) is 86.0 Å². The molecule has 0 amide bonds. The number of aryl methyl sites for hydroxylation is 2. The summed E-state index contributed by atoms with van der Waals surface area (Å²) >= 11 is 0. The molecule has 2 aromatic carbocycles. The molecule has 2 aliphatic rings. The molecular weight excluding hydrogens is 581 g/mol. The topological polar surface area (TPSA) is 91.7 Å². The van der Waals surface area contributed by atoms with E-state index in [-0.39, 0.29) is 11.2 Å². The van der Waals surface area contributed by atoms with Crippen LogP contribution in [0, 0.1) is 25.1 Å². The van der Waals surface area contributed by atoms with Gasteiger partial charge in [-0.1, -0.05) is 32.0 Å². The summed E-state index contributed by atoms with van der Waals surface area (Å²) in [5.74, 6) is -0.592. The number of carboxylic acid groups (broad SMARTS) is 1. The largest absolute Gasteiger partial charge is 0.479 e. The predicted octanol–water partition coefficient (Wildman–Crippen LogP) is 7.58. The first-order valence-electron chi connectivity index (χ1n) is 16.1. The van der Waals surface area contributed by atoms with Gasteiger partial charge in [-0.05, 0) is 94.2 Å². The number of pyridine rings is 1. The Kier molecular flexibility index (Phi) is 8.25. The molecule has 1 unspecified atom stereocenters. The van der Waals surface area contributed by atoms with Gasteiger partial charge in [0.05, 0.1) is 16.8 Å². The maximum absolute atomic E-state index is 14.2. The number of aliphatic carboxylic acids is 1. The molecule has 4 heterocycles. The fourth-order valence-corrected chi connectivity index (χ4v) is 6.91. The van der Waals surface area contributed by atoms with E-state index in [1.54, 1.807) is 6.07 Å². The maximum atomic E-state index is 14.2. The molecule has 1 N–H and O–H groups in total. The highest BCUT2D eigenvalue weighted by atomic mass is 19.1. The lowest BCUT2D eigenvalue weighted by atomic mass is 9.81. The van der Waals surface area contributed by atoms with Gasteiger partial charge >= 0.3 is 5.97 Å². The zero-order valence-electron chi connectivity index (χ0n) is 27.9. The van der Waals surface area contributed by atoms with Gasteiger partial charge in [0.2, 0.25) is 0 Å². The summed E-state index contributed by atoms with van der Waals surface area (Å²) in [5.41, 5.74) is 7.77. The minimum absolute atomic E-state index is 0.223. The number of benzene rings is 2. The van der Waals surface area contributed by atoms with E-state index in [0.717, 1.165) is 72.7 Å². The monoisotopic (exact) mass is 625 g/mol. The van der Waals surface area contributed by atoms with Crippen LogP contribution < -0.4 is 9.80 Å². The number of fused-ring (bicyclic) bond motifs is 2. The standard InChI is InChI=1S/C37H44FN5O3/c1-22-30(32(42-16-13-37(6,7)14-17-42)31(23(2)41-22)33(35(44)45)46-36(3,4)5)25-8-9-26-20-43(15-12-24(26)18-25)34-28-19-27(38)10-11-29(28)39-21-40-34/h8-11,18-19,21,33H,12-17,20H2,1-7H3,(H,44,45). The molecule has 6 rings (SSSR count). The molecule has 2 aliphatic heterocycles. The van der Waals surface area contributed by atoms with Crippen LogP contribution in [0.4, 0.5) is 15.9 Å². The third-order valence-electron chi connectivity index (χ3n) is 9.35.